The summed E-state index contributed by atoms with van der Waals surface area (Å²) >= 11 is 2.31. The van der Waals surface area contributed by atoms with Crippen LogP contribution in [0.1, 0.15) is 23.9 Å². The average Bonchev–Trinajstić information content (AvgIpc) is 2.09. The van der Waals surface area contributed by atoms with Gasteiger partial charge in [-0.3, -0.25) is 4.98 Å². The second-order valence-electron chi connectivity index (χ2n) is 3.07. The molecule has 0 aliphatic carbocycles. The van der Waals surface area contributed by atoms with Crippen molar-refractivity contribution < 1.29 is 0 Å². The Morgan fingerprint density at radius 1 is 1.46 bits per heavy atom. The zero-order valence-electron chi connectivity index (χ0n) is 8.32. The molecular weight excluding hydrogens is 275 g/mol. The van der Waals surface area contributed by atoms with Crippen molar-refractivity contribution >= 4 is 28.3 Å². The van der Waals surface area contributed by atoms with Gasteiger partial charge in [-0.15, -0.1) is 0 Å². The lowest BCUT2D eigenvalue weighted by molar-refractivity contribution is 0.997. The topological polar surface area (TPSA) is 24.9 Å². The number of rotatable bonds is 3. The summed E-state index contributed by atoms with van der Waals surface area (Å²) in [7, 11) is 0. The van der Waals surface area contributed by atoms with E-state index in [-0.39, 0.29) is 0 Å². The van der Waals surface area contributed by atoms with E-state index < -0.39 is 0 Å². The van der Waals surface area contributed by atoms with Gasteiger partial charge < -0.3 is 5.32 Å². The quantitative estimate of drug-likeness (QED) is 0.526. The lowest BCUT2D eigenvalue weighted by Crippen LogP contribution is -2.04. The van der Waals surface area contributed by atoms with Crippen molar-refractivity contribution in [1.82, 2.24) is 4.98 Å². The zero-order chi connectivity index (χ0) is 9.84. The number of aromatic nitrogens is 1. The second kappa shape index (κ2) is 4.79. The monoisotopic (exact) mass is 290 g/mol. The van der Waals surface area contributed by atoms with Gasteiger partial charge in [0.1, 0.15) is 0 Å². The molecule has 2 nitrogen and oxygen atoms in total. The number of nitrogens with zero attached hydrogens (tertiary/aromatic N) is 1. The highest BCUT2D eigenvalue weighted by molar-refractivity contribution is 14.1. The number of halogens is 1. The molecule has 0 fully saturated rings. The van der Waals surface area contributed by atoms with Crippen LogP contribution in [0.15, 0.2) is 6.07 Å². The Morgan fingerprint density at radius 2 is 2.15 bits per heavy atom. The predicted molar refractivity (Wildman–Crippen MR) is 65.6 cm³/mol. The summed E-state index contributed by atoms with van der Waals surface area (Å²) in [4.78, 5) is 4.51. The lowest BCUT2D eigenvalue weighted by Gasteiger charge is -2.12. The second-order valence-corrected chi connectivity index (χ2v) is 3.83. The van der Waals surface area contributed by atoms with Crippen LogP contribution in [0.25, 0.3) is 0 Å². The van der Waals surface area contributed by atoms with Gasteiger partial charge in [0, 0.05) is 5.69 Å². The molecule has 1 rings (SSSR count). The molecule has 1 aromatic heterocycles. The summed E-state index contributed by atoms with van der Waals surface area (Å²) < 4.78 is 0.927. The van der Waals surface area contributed by atoms with Crippen LogP contribution in [-0.4, -0.2) is 9.54 Å². The van der Waals surface area contributed by atoms with Gasteiger partial charge >= 0.3 is 0 Å². The number of hydrogen-bond donors (Lipinski definition) is 1. The Balaban J connectivity index is 3.13. The van der Waals surface area contributed by atoms with E-state index in [2.05, 4.69) is 52.8 Å². The molecule has 0 saturated carbocycles. The number of alkyl halides is 1. The smallest absolute Gasteiger partial charge is 0.0671 e. The molecule has 72 valence electrons. The minimum Gasteiger partial charge on any atom is -0.374 e. The van der Waals surface area contributed by atoms with Crippen LogP contribution in [0.5, 0.6) is 0 Å². The molecule has 0 aliphatic heterocycles. The highest BCUT2D eigenvalue weighted by atomic mass is 127. The van der Waals surface area contributed by atoms with Crippen LogP contribution >= 0.6 is 22.6 Å². The summed E-state index contributed by atoms with van der Waals surface area (Å²) in [5, 5.41) is 3.35. The van der Waals surface area contributed by atoms with E-state index in [4.69, 9.17) is 0 Å². The minimum atomic E-state index is 0.927. The van der Waals surface area contributed by atoms with Crippen LogP contribution in [0.4, 0.5) is 5.69 Å². The van der Waals surface area contributed by atoms with Gasteiger partial charge in [-0.2, -0.15) is 0 Å². The third-order valence-electron chi connectivity index (χ3n) is 2.00. The molecule has 0 amide bonds. The number of anilines is 1. The highest BCUT2D eigenvalue weighted by Crippen LogP contribution is 2.20. The van der Waals surface area contributed by atoms with Gasteiger partial charge in [-0.25, -0.2) is 0 Å². The maximum atomic E-state index is 4.51. The van der Waals surface area contributed by atoms with Gasteiger partial charge in [-0.1, -0.05) is 29.5 Å². The molecule has 0 unspecified atom stereocenters. The van der Waals surface area contributed by atoms with E-state index in [1.54, 1.807) is 0 Å². The molecule has 1 heterocycles. The van der Waals surface area contributed by atoms with Crippen molar-refractivity contribution in [3.63, 3.8) is 0 Å². The van der Waals surface area contributed by atoms with E-state index in [9.17, 15) is 0 Å². The van der Waals surface area contributed by atoms with Crippen LogP contribution < -0.4 is 5.32 Å². The molecule has 0 aliphatic rings. The molecule has 0 spiro atoms. The van der Waals surface area contributed by atoms with Crippen LogP contribution in [-0.2, 0) is 6.42 Å². The Morgan fingerprint density at radius 3 is 2.69 bits per heavy atom. The van der Waals surface area contributed by atoms with E-state index >= 15 is 0 Å². The third kappa shape index (κ3) is 2.56. The van der Waals surface area contributed by atoms with Crippen LogP contribution in [0.2, 0.25) is 0 Å². The predicted octanol–water partition coefficient (Wildman–Crippen LogP) is 3.07. The molecular formula is C10H15IN2. The fourth-order valence-electron chi connectivity index (χ4n) is 1.48. The largest absolute Gasteiger partial charge is 0.374 e. The van der Waals surface area contributed by atoms with Crippen molar-refractivity contribution in [2.75, 3.05) is 9.87 Å². The van der Waals surface area contributed by atoms with Crippen LogP contribution in [0, 0.1) is 13.8 Å². The molecule has 0 atom stereocenters. The van der Waals surface area contributed by atoms with Crippen LogP contribution in [0.3, 0.4) is 0 Å². The number of hydrogen-bond acceptors (Lipinski definition) is 2. The summed E-state index contributed by atoms with van der Waals surface area (Å²) in [5.41, 5.74) is 4.78. The Labute approximate surface area is 93.3 Å². The SMILES string of the molecule is CCc1nc(C)cc(C)c1NCI. The zero-order valence-corrected chi connectivity index (χ0v) is 10.5. The minimum absolute atomic E-state index is 0.927. The first-order chi connectivity index (χ1) is 6.19. The first-order valence-electron chi connectivity index (χ1n) is 4.46. The third-order valence-corrected chi connectivity index (χ3v) is 2.38. The maximum absolute atomic E-state index is 4.51. The highest BCUT2D eigenvalue weighted by Gasteiger charge is 2.05. The molecule has 1 aromatic rings. The normalized spacial score (nSPS) is 10.2. The number of pyridine rings is 1. The Bertz CT molecular complexity index is 297. The van der Waals surface area contributed by atoms with Gasteiger partial charge in [0.05, 0.1) is 15.9 Å². The van der Waals surface area contributed by atoms with Gasteiger partial charge in [0.25, 0.3) is 0 Å². The summed E-state index contributed by atoms with van der Waals surface area (Å²) in [5.74, 6) is 0. The van der Waals surface area contributed by atoms with E-state index in [1.165, 1.54) is 16.9 Å². The number of aryl methyl sites for hydroxylation is 3. The van der Waals surface area contributed by atoms with Gasteiger partial charge in [-0.05, 0) is 31.9 Å². The van der Waals surface area contributed by atoms with Crippen molar-refractivity contribution in [3.8, 4) is 0 Å². The fraction of sp³-hybridized carbons (Fsp3) is 0.500. The molecule has 13 heavy (non-hydrogen) atoms. The summed E-state index contributed by atoms with van der Waals surface area (Å²) in [6.45, 7) is 6.31. The van der Waals surface area contributed by atoms with E-state index in [1.807, 2.05) is 6.92 Å². The van der Waals surface area contributed by atoms with Crippen molar-refractivity contribution in [1.29, 1.82) is 0 Å². The standard InChI is InChI=1S/C10H15IN2/c1-4-9-10(12-6-11)7(2)5-8(3)13-9/h5,12H,4,6H2,1-3H3. The van der Waals surface area contributed by atoms with Crippen molar-refractivity contribution in [3.05, 3.63) is 23.0 Å². The van der Waals surface area contributed by atoms with Gasteiger partial charge in [0.2, 0.25) is 0 Å². The Kier molecular flexibility index (Phi) is 3.96. The van der Waals surface area contributed by atoms with E-state index in [0.717, 1.165) is 16.7 Å². The van der Waals surface area contributed by atoms with E-state index in [0.29, 0.717) is 0 Å². The molecule has 3 heteroatoms. The average molecular weight is 290 g/mol. The summed E-state index contributed by atoms with van der Waals surface area (Å²) in [6.07, 6.45) is 0.988. The summed E-state index contributed by atoms with van der Waals surface area (Å²) in [6, 6.07) is 2.12. The van der Waals surface area contributed by atoms with Crippen molar-refractivity contribution in [2.45, 2.75) is 27.2 Å². The molecule has 0 saturated heterocycles. The van der Waals surface area contributed by atoms with Gasteiger partial charge in [0.15, 0.2) is 0 Å². The van der Waals surface area contributed by atoms with Crippen molar-refractivity contribution in [2.24, 2.45) is 0 Å². The molecule has 0 radical (unpaired) electrons. The Hall–Kier alpha value is -0.320. The molecule has 0 aromatic carbocycles. The number of nitrogens with one attached hydrogen (secondary N) is 1. The first-order valence-corrected chi connectivity index (χ1v) is 5.98. The first kappa shape index (κ1) is 10.8. The maximum Gasteiger partial charge on any atom is 0.0671 e. The molecule has 0 bridgehead atoms. The fourth-order valence-corrected chi connectivity index (χ4v) is 1.86. The lowest BCUT2D eigenvalue weighted by atomic mass is 10.1. The molecule has 1 N–H and O–H groups in total.